The summed E-state index contributed by atoms with van der Waals surface area (Å²) in [5.41, 5.74) is 2.10. The van der Waals surface area contributed by atoms with Gasteiger partial charge in [-0.05, 0) is 44.5 Å². The van der Waals surface area contributed by atoms with Crippen LogP contribution >= 0.6 is 23.2 Å². The molecule has 18 heavy (non-hydrogen) atoms. The largest absolute Gasteiger partial charge is 0.369 e. The minimum atomic E-state index is -0.138. The van der Waals surface area contributed by atoms with Crippen LogP contribution < -0.4 is 4.90 Å². The summed E-state index contributed by atoms with van der Waals surface area (Å²) in [5, 5.41) is 0.731. The van der Waals surface area contributed by atoms with E-state index in [1.807, 2.05) is 18.2 Å². The topological polar surface area (TPSA) is 12.5 Å². The first-order valence-electron chi connectivity index (χ1n) is 6.18. The smallest absolute Gasteiger partial charge is 0.0805 e. The number of ether oxygens (including phenoxy) is 1. The lowest BCUT2D eigenvalue weighted by Gasteiger charge is -2.43. The summed E-state index contributed by atoms with van der Waals surface area (Å²) in [7, 11) is 0. The second-order valence-electron chi connectivity index (χ2n) is 5.48. The monoisotopic (exact) mass is 287 g/mol. The van der Waals surface area contributed by atoms with Gasteiger partial charge in [-0.2, -0.15) is 0 Å². The molecule has 0 aliphatic carbocycles. The van der Waals surface area contributed by atoms with Crippen LogP contribution in [0.25, 0.3) is 0 Å². The summed E-state index contributed by atoms with van der Waals surface area (Å²) in [6.07, 6.45) is 0.215. The van der Waals surface area contributed by atoms with Gasteiger partial charge in [-0.25, -0.2) is 0 Å². The molecule has 1 fully saturated rings. The van der Waals surface area contributed by atoms with E-state index in [-0.39, 0.29) is 11.7 Å². The Kier molecular flexibility index (Phi) is 4.10. The lowest BCUT2D eigenvalue weighted by molar-refractivity contribution is -0.0750. The molecule has 1 atom stereocenters. The Balaban J connectivity index is 2.30. The molecule has 1 aliphatic rings. The molecule has 1 aromatic rings. The fourth-order valence-corrected chi connectivity index (χ4v) is 3.02. The van der Waals surface area contributed by atoms with Crippen molar-refractivity contribution in [2.75, 3.05) is 18.0 Å². The van der Waals surface area contributed by atoms with Crippen LogP contribution in [0.1, 0.15) is 26.3 Å². The molecular formula is C14H19Cl2NO. The van der Waals surface area contributed by atoms with Crippen LogP contribution in [0.5, 0.6) is 0 Å². The van der Waals surface area contributed by atoms with E-state index in [9.17, 15) is 0 Å². The van der Waals surface area contributed by atoms with Gasteiger partial charge in [0, 0.05) is 29.7 Å². The molecule has 0 radical (unpaired) electrons. The number of anilines is 1. The van der Waals surface area contributed by atoms with Gasteiger partial charge >= 0.3 is 0 Å². The lowest BCUT2D eigenvalue weighted by Crippen LogP contribution is -2.52. The number of halogens is 2. The number of alkyl halides is 1. The summed E-state index contributed by atoms with van der Waals surface area (Å²) >= 11 is 12.0. The van der Waals surface area contributed by atoms with Crippen molar-refractivity contribution >= 4 is 28.9 Å². The summed E-state index contributed by atoms with van der Waals surface area (Å²) in [5.74, 6) is 0.474. The molecule has 0 bridgehead atoms. The normalized spacial score (nSPS) is 23.2. The van der Waals surface area contributed by atoms with E-state index in [4.69, 9.17) is 27.9 Å². The van der Waals surface area contributed by atoms with E-state index >= 15 is 0 Å². The zero-order valence-electron chi connectivity index (χ0n) is 11.0. The fraction of sp³-hybridized carbons (Fsp3) is 0.571. The van der Waals surface area contributed by atoms with Gasteiger partial charge in [-0.1, -0.05) is 11.6 Å². The molecule has 1 unspecified atom stereocenters. The summed E-state index contributed by atoms with van der Waals surface area (Å²) < 4.78 is 5.92. The molecule has 4 heteroatoms. The minimum Gasteiger partial charge on any atom is -0.369 e. The first-order valence-corrected chi connectivity index (χ1v) is 7.10. The van der Waals surface area contributed by atoms with E-state index in [0.29, 0.717) is 5.88 Å². The van der Waals surface area contributed by atoms with Crippen molar-refractivity contribution in [2.45, 2.75) is 38.4 Å². The highest BCUT2D eigenvalue weighted by atomic mass is 35.5. The third kappa shape index (κ3) is 3.11. The van der Waals surface area contributed by atoms with Crippen LogP contribution in [0.2, 0.25) is 5.02 Å². The van der Waals surface area contributed by atoms with Crippen molar-refractivity contribution in [3.05, 3.63) is 28.8 Å². The molecule has 2 nitrogen and oxygen atoms in total. The van der Waals surface area contributed by atoms with Gasteiger partial charge in [0.2, 0.25) is 0 Å². The molecular weight excluding hydrogens is 269 g/mol. The summed E-state index contributed by atoms with van der Waals surface area (Å²) in [6, 6.07) is 5.91. The van der Waals surface area contributed by atoms with Crippen LogP contribution in [0.4, 0.5) is 5.69 Å². The highest BCUT2D eigenvalue weighted by molar-refractivity contribution is 6.30. The van der Waals surface area contributed by atoms with Crippen LogP contribution in [-0.2, 0) is 10.6 Å². The molecule has 1 aromatic carbocycles. The highest BCUT2D eigenvalue weighted by Crippen LogP contribution is 2.31. The van der Waals surface area contributed by atoms with Crippen LogP contribution in [0.15, 0.2) is 18.2 Å². The molecule has 0 N–H and O–H groups in total. The van der Waals surface area contributed by atoms with Crippen LogP contribution in [-0.4, -0.2) is 24.8 Å². The number of morpholine rings is 1. The first kappa shape index (κ1) is 14.0. The molecule has 1 saturated heterocycles. The lowest BCUT2D eigenvalue weighted by atomic mass is 10.0. The molecule has 100 valence electrons. The third-order valence-corrected chi connectivity index (χ3v) is 3.62. The summed E-state index contributed by atoms with van der Waals surface area (Å²) in [6.45, 7) is 8.08. The molecule has 0 spiro atoms. The highest BCUT2D eigenvalue weighted by Gasteiger charge is 2.32. The number of hydrogen-bond donors (Lipinski definition) is 0. The zero-order chi connectivity index (χ0) is 13.3. The van der Waals surface area contributed by atoms with Gasteiger partial charge in [0.1, 0.15) is 0 Å². The van der Waals surface area contributed by atoms with Gasteiger partial charge in [0.15, 0.2) is 0 Å². The Morgan fingerprint density at radius 3 is 2.78 bits per heavy atom. The number of benzene rings is 1. The Hall–Kier alpha value is -0.440. The Morgan fingerprint density at radius 2 is 2.17 bits per heavy atom. The number of hydrogen-bond acceptors (Lipinski definition) is 2. The average Bonchev–Trinajstić information content (AvgIpc) is 2.25. The third-order valence-electron chi connectivity index (χ3n) is 3.10. The second kappa shape index (κ2) is 5.28. The predicted molar refractivity (Wildman–Crippen MR) is 77.8 cm³/mol. The molecule has 2 rings (SSSR count). The van der Waals surface area contributed by atoms with E-state index < -0.39 is 0 Å². The van der Waals surface area contributed by atoms with Gasteiger partial charge in [-0.15, -0.1) is 11.6 Å². The SMILES string of the molecule is CC1CN(c2ccc(Cl)cc2CCl)CC(C)(C)O1. The van der Waals surface area contributed by atoms with Crippen molar-refractivity contribution in [3.63, 3.8) is 0 Å². The fourth-order valence-electron chi connectivity index (χ4n) is 2.61. The maximum Gasteiger partial charge on any atom is 0.0805 e. The van der Waals surface area contributed by atoms with Crippen LogP contribution in [0.3, 0.4) is 0 Å². The van der Waals surface area contributed by atoms with Gasteiger partial charge in [0.25, 0.3) is 0 Å². The van der Waals surface area contributed by atoms with E-state index in [1.54, 1.807) is 0 Å². The second-order valence-corrected chi connectivity index (χ2v) is 6.18. The first-order chi connectivity index (χ1) is 8.41. The van der Waals surface area contributed by atoms with Gasteiger partial charge in [-0.3, -0.25) is 0 Å². The predicted octanol–water partition coefficient (Wildman–Crippen LogP) is 4.08. The molecule has 0 saturated carbocycles. The Morgan fingerprint density at radius 1 is 1.44 bits per heavy atom. The summed E-state index contributed by atoms with van der Waals surface area (Å²) in [4.78, 5) is 2.34. The van der Waals surface area contributed by atoms with Gasteiger partial charge in [0.05, 0.1) is 11.7 Å². The average molecular weight is 288 g/mol. The molecule has 0 aromatic heterocycles. The van der Waals surface area contributed by atoms with E-state index in [1.165, 1.54) is 0 Å². The number of nitrogens with zero attached hydrogens (tertiary/aromatic N) is 1. The molecule has 0 amide bonds. The van der Waals surface area contributed by atoms with Crippen molar-refractivity contribution in [3.8, 4) is 0 Å². The maximum absolute atomic E-state index is 6.02. The standard InChI is InChI=1S/C14H19Cl2NO/c1-10-8-17(9-14(2,3)18-10)13-5-4-12(16)6-11(13)7-15/h4-6,10H,7-9H2,1-3H3. The maximum atomic E-state index is 6.02. The van der Waals surface area contributed by atoms with Gasteiger partial charge < -0.3 is 9.64 Å². The van der Waals surface area contributed by atoms with E-state index in [0.717, 1.165) is 29.4 Å². The Bertz CT molecular complexity index is 434. The Labute approximate surface area is 119 Å². The van der Waals surface area contributed by atoms with Crippen molar-refractivity contribution in [1.29, 1.82) is 0 Å². The van der Waals surface area contributed by atoms with Crippen LogP contribution in [0, 0.1) is 0 Å². The molecule has 1 heterocycles. The minimum absolute atomic E-state index is 0.138. The van der Waals surface area contributed by atoms with Crippen molar-refractivity contribution < 1.29 is 4.74 Å². The quantitative estimate of drug-likeness (QED) is 0.760. The van der Waals surface area contributed by atoms with E-state index in [2.05, 4.69) is 25.7 Å². The molecule has 1 aliphatic heterocycles. The zero-order valence-corrected chi connectivity index (χ0v) is 12.6. The van der Waals surface area contributed by atoms with Crippen molar-refractivity contribution in [2.24, 2.45) is 0 Å². The van der Waals surface area contributed by atoms with Crippen molar-refractivity contribution in [1.82, 2.24) is 0 Å². The number of rotatable bonds is 2.